The summed E-state index contributed by atoms with van der Waals surface area (Å²) >= 11 is 0. The summed E-state index contributed by atoms with van der Waals surface area (Å²) in [5, 5.41) is 29.2. The molecule has 0 aromatic carbocycles. The van der Waals surface area contributed by atoms with Crippen molar-refractivity contribution in [1.82, 2.24) is 31.2 Å². The fraction of sp³-hybridized carbons (Fsp3) is 0.780. The van der Waals surface area contributed by atoms with Gasteiger partial charge in [-0.3, -0.25) is 33.6 Å². The molecule has 9 N–H and O–H groups in total. The first-order chi connectivity index (χ1) is 34.3. The van der Waals surface area contributed by atoms with Crippen LogP contribution in [0.15, 0.2) is 12.5 Å². The number of ether oxygens (including phenoxy) is 4. The van der Waals surface area contributed by atoms with Crippen LogP contribution in [0.2, 0.25) is 0 Å². The van der Waals surface area contributed by atoms with E-state index in [1.807, 2.05) is 0 Å². The summed E-state index contributed by atoms with van der Waals surface area (Å²) in [7, 11) is 0. The lowest BCUT2D eigenvalue weighted by Crippen LogP contribution is -2.44. The molecule has 0 bridgehead atoms. The second kappa shape index (κ2) is 44.1. The SMILES string of the molecule is CC(=O)[C@H](CCCCNC(=O)COCCOCCCC(=O)COCCOCCNC(=O)CC[C@H](NC(=O)CCCCCCCCCCCCCCCCC(=O)O)C(=O)O)NCC(=O)[C@@H](N)Cc1cnc[nH]1. The second-order valence-electron chi connectivity index (χ2n) is 17.9. The number of Topliss-reactive ketones (excluding diaryl/α,β-unsaturated/α-hetero) is 3. The van der Waals surface area contributed by atoms with E-state index in [1.54, 1.807) is 6.20 Å². The molecule has 0 spiro atoms. The van der Waals surface area contributed by atoms with Crippen molar-refractivity contribution in [3.05, 3.63) is 18.2 Å². The lowest BCUT2D eigenvalue weighted by Gasteiger charge is -2.17. The van der Waals surface area contributed by atoms with Crippen LogP contribution in [0.1, 0.15) is 160 Å². The van der Waals surface area contributed by atoms with E-state index < -0.39 is 30.1 Å². The van der Waals surface area contributed by atoms with Crippen LogP contribution in [-0.4, -0.2) is 158 Å². The minimum atomic E-state index is -1.19. The summed E-state index contributed by atoms with van der Waals surface area (Å²) in [6, 6.07) is -2.33. The van der Waals surface area contributed by atoms with Crippen molar-refractivity contribution < 1.29 is 67.5 Å². The Morgan fingerprint density at radius 2 is 1.17 bits per heavy atom. The highest BCUT2D eigenvalue weighted by atomic mass is 16.5. The van der Waals surface area contributed by atoms with Gasteiger partial charge in [-0.05, 0) is 51.9 Å². The molecule has 0 radical (unpaired) electrons. The number of unbranched alkanes of at least 4 members (excludes halogenated alkanes) is 14. The van der Waals surface area contributed by atoms with Gasteiger partial charge in [0.15, 0.2) is 11.6 Å². The molecular formula is C50H87N7O14. The van der Waals surface area contributed by atoms with E-state index in [1.165, 1.54) is 51.8 Å². The van der Waals surface area contributed by atoms with E-state index in [4.69, 9.17) is 29.8 Å². The quantitative estimate of drug-likeness (QED) is 0.0429. The van der Waals surface area contributed by atoms with Crippen molar-refractivity contribution in [3.63, 3.8) is 0 Å². The van der Waals surface area contributed by atoms with Crippen molar-refractivity contribution in [2.24, 2.45) is 5.73 Å². The number of carboxylic acids is 2. The fourth-order valence-electron chi connectivity index (χ4n) is 7.37. The maximum Gasteiger partial charge on any atom is 0.326 e. The van der Waals surface area contributed by atoms with Gasteiger partial charge < -0.3 is 61.1 Å². The molecule has 0 saturated carbocycles. The molecule has 0 aliphatic rings. The molecule has 21 nitrogen and oxygen atoms in total. The number of aromatic nitrogens is 2. The van der Waals surface area contributed by atoms with E-state index in [2.05, 4.69) is 31.2 Å². The largest absolute Gasteiger partial charge is 0.481 e. The van der Waals surface area contributed by atoms with E-state index >= 15 is 0 Å². The normalized spacial score (nSPS) is 12.5. The average molecular weight is 1010 g/mol. The number of nitrogens with one attached hydrogen (secondary N) is 5. The molecule has 1 rings (SSSR count). The van der Waals surface area contributed by atoms with Crippen molar-refractivity contribution in [3.8, 4) is 0 Å². The van der Waals surface area contributed by atoms with Gasteiger partial charge in [-0.15, -0.1) is 0 Å². The maximum atomic E-state index is 12.4. The summed E-state index contributed by atoms with van der Waals surface area (Å²) in [6.07, 6.45) is 21.5. The fourth-order valence-corrected chi connectivity index (χ4v) is 7.37. The van der Waals surface area contributed by atoms with Crippen molar-refractivity contribution in [2.45, 2.75) is 179 Å². The summed E-state index contributed by atoms with van der Waals surface area (Å²) in [5.74, 6) is -3.23. The van der Waals surface area contributed by atoms with E-state index in [-0.39, 0.29) is 127 Å². The zero-order valence-corrected chi connectivity index (χ0v) is 42.5. The van der Waals surface area contributed by atoms with Crippen LogP contribution in [-0.2, 0) is 63.7 Å². The van der Waals surface area contributed by atoms with Crippen molar-refractivity contribution in [2.75, 3.05) is 72.5 Å². The molecule has 1 aromatic rings. The molecule has 21 heteroatoms. The predicted octanol–water partition coefficient (Wildman–Crippen LogP) is 3.89. The number of hydrogen-bond acceptors (Lipinski definition) is 15. The number of carbonyl (C=O) groups excluding carboxylic acids is 6. The number of hydrogen-bond donors (Lipinski definition) is 8. The standard InChI is InChI=1S/C50H87N7O14/c1-39(58)43(55-35-45(60)42(51)33-40-34-52-38-56-40)20-16-17-25-53-48(63)37-71-32-29-68-27-18-19-41(59)36-70-31-30-69-28-26-54-46(61)24-23-44(50(66)67)57-47(62)21-14-12-10-8-6-4-2-3-5-7-9-11-13-15-22-49(64)65/h34,38,42-44,55H,2-33,35-37,51H2,1H3,(H,52,56)(H,53,63)(H,54,61)(H,57,62)(H,64,65)(H,66,67)/t42-,43-,44-/m0/s1. The molecule has 0 aliphatic heterocycles. The van der Waals surface area contributed by atoms with Crippen LogP contribution in [0.25, 0.3) is 0 Å². The molecule has 0 fully saturated rings. The molecule has 3 amide bonds. The first-order valence-electron chi connectivity index (χ1n) is 25.9. The highest BCUT2D eigenvalue weighted by molar-refractivity contribution is 5.87. The molecule has 406 valence electrons. The van der Waals surface area contributed by atoms with Gasteiger partial charge in [-0.1, -0.05) is 77.0 Å². The number of aliphatic carboxylic acids is 2. The maximum absolute atomic E-state index is 12.4. The Hall–Kier alpha value is -4.67. The Labute approximate surface area is 420 Å². The van der Waals surface area contributed by atoms with Crippen LogP contribution in [0, 0.1) is 0 Å². The zero-order chi connectivity index (χ0) is 52.2. The topological polar surface area (TPSA) is 317 Å². The number of ketones is 3. The van der Waals surface area contributed by atoms with Gasteiger partial charge in [0.05, 0.1) is 58.0 Å². The Balaban J connectivity index is 1.93. The van der Waals surface area contributed by atoms with Crippen LogP contribution in [0.3, 0.4) is 0 Å². The van der Waals surface area contributed by atoms with Crippen LogP contribution >= 0.6 is 0 Å². The number of amides is 3. The third-order valence-corrected chi connectivity index (χ3v) is 11.6. The number of carbonyl (C=O) groups is 8. The van der Waals surface area contributed by atoms with E-state index in [0.29, 0.717) is 51.7 Å². The van der Waals surface area contributed by atoms with Gasteiger partial charge in [0.1, 0.15) is 25.0 Å². The van der Waals surface area contributed by atoms with Gasteiger partial charge >= 0.3 is 11.9 Å². The minimum absolute atomic E-state index is 0.0143. The van der Waals surface area contributed by atoms with Gasteiger partial charge in [0, 0.05) is 63.7 Å². The zero-order valence-electron chi connectivity index (χ0n) is 42.5. The Morgan fingerprint density at radius 3 is 1.76 bits per heavy atom. The third kappa shape index (κ3) is 39.6. The van der Waals surface area contributed by atoms with Crippen LogP contribution in [0.4, 0.5) is 0 Å². The number of H-pyrrole nitrogens is 1. The van der Waals surface area contributed by atoms with Crippen LogP contribution in [0.5, 0.6) is 0 Å². The van der Waals surface area contributed by atoms with E-state index in [0.717, 1.165) is 50.6 Å². The van der Waals surface area contributed by atoms with Gasteiger partial charge in [-0.2, -0.15) is 0 Å². The molecule has 0 aliphatic carbocycles. The lowest BCUT2D eigenvalue weighted by molar-refractivity contribution is -0.142. The Bertz CT molecular complexity index is 1620. The molecular weight excluding hydrogens is 923 g/mol. The average Bonchev–Trinajstić information content (AvgIpc) is 3.85. The number of aromatic amines is 1. The molecule has 0 unspecified atom stereocenters. The summed E-state index contributed by atoms with van der Waals surface area (Å²) in [5.41, 5.74) is 6.73. The smallest absolute Gasteiger partial charge is 0.326 e. The Morgan fingerprint density at radius 1 is 0.592 bits per heavy atom. The van der Waals surface area contributed by atoms with Gasteiger partial charge in [0.2, 0.25) is 17.7 Å². The van der Waals surface area contributed by atoms with Gasteiger partial charge in [-0.25, -0.2) is 9.78 Å². The number of imidazole rings is 1. The second-order valence-corrected chi connectivity index (χ2v) is 17.9. The van der Waals surface area contributed by atoms with E-state index in [9.17, 15) is 43.5 Å². The minimum Gasteiger partial charge on any atom is -0.481 e. The highest BCUT2D eigenvalue weighted by Gasteiger charge is 2.21. The first kappa shape index (κ1) is 64.3. The molecule has 1 aromatic heterocycles. The monoisotopic (exact) mass is 1010 g/mol. The Kier molecular flexibility index (Phi) is 39.9. The van der Waals surface area contributed by atoms with Gasteiger partial charge in [0.25, 0.3) is 0 Å². The number of nitrogens with zero attached hydrogens (tertiary/aromatic N) is 1. The van der Waals surface area contributed by atoms with Crippen molar-refractivity contribution in [1.29, 1.82) is 0 Å². The molecule has 1 heterocycles. The number of rotatable bonds is 51. The van der Waals surface area contributed by atoms with Crippen LogP contribution < -0.4 is 27.0 Å². The van der Waals surface area contributed by atoms with Crippen molar-refractivity contribution >= 4 is 47.0 Å². The lowest BCUT2D eigenvalue weighted by atomic mass is 10.0. The summed E-state index contributed by atoms with van der Waals surface area (Å²) in [4.78, 5) is 102. The molecule has 0 saturated heterocycles. The first-order valence-corrected chi connectivity index (χ1v) is 25.9. The number of carboxylic acid groups (broad SMARTS) is 2. The third-order valence-electron chi connectivity index (χ3n) is 11.6. The highest BCUT2D eigenvalue weighted by Crippen LogP contribution is 2.14. The molecule has 71 heavy (non-hydrogen) atoms. The summed E-state index contributed by atoms with van der Waals surface area (Å²) in [6.45, 7) is 3.31. The summed E-state index contributed by atoms with van der Waals surface area (Å²) < 4.78 is 21.6. The number of nitrogens with two attached hydrogens (primary N) is 1. The molecule has 3 atom stereocenters. The predicted molar refractivity (Wildman–Crippen MR) is 265 cm³/mol.